The van der Waals surface area contributed by atoms with E-state index in [-0.39, 0.29) is 0 Å². The minimum Gasteiger partial charge on any atom is -0.379 e. The van der Waals surface area contributed by atoms with Gasteiger partial charge in [-0.05, 0) is 39.5 Å². The Morgan fingerprint density at radius 1 is 0.600 bits per heavy atom. The summed E-state index contributed by atoms with van der Waals surface area (Å²) in [7, 11) is 0. The van der Waals surface area contributed by atoms with Crippen molar-refractivity contribution in [2.45, 2.75) is 39.5 Å². The third kappa shape index (κ3) is 16.9. The predicted molar refractivity (Wildman–Crippen MR) is 88.0 cm³/mol. The van der Waals surface area contributed by atoms with Crippen LogP contribution in [0.4, 0.5) is 0 Å². The zero-order valence-corrected chi connectivity index (χ0v) is 13.1. The Hall–Kier alpha value is -1.12. The first-order valence-electron chi connectivity index (χ1n) is 7.63. The van der Waals surface area contributed by atoms with Gasteiger partial charge in [0.05, 0.1) is 13.2 Å². The number of allylic oxidation sites excluding steroid dienone is 8. The largest absolute Gasteiger partial charge is 0.379 e. The van der Waals surface area contributed by atoms with Gasteiger partial charge >= 0.3 is 0 Å². The van der Waals surface area contributed by atoms with Crippen LogP contribution in [0.2, 0.25) is 0 Å². The van der Waals surface area contributed by atoms with Gasteiger partial charge in [0.15, 0.2) is 0 Å². The molecule has 0 aliphatic carbocycles. The van der Waals surface area contributed by atoms with Crippen molar-refractivity contribution in [1.29, 1.82) is 0 Å². The fourth-order valence-electron chi connectivity index (χ4n) is 1.50. The van der Waals surface area contributed by atoms with E-state index in [0.29, 0.717) is 13.2 Å². The standard InChI is InChI=1S/C18H30O2/c1-3-5-7-9-11-13-15-19-17-18-20-16-14-12-10-8-6-4-2/h3-10H,11-18H2,1-2H3. The van der Waals surface area contributed by atoms with Crippen LogP contribution in [0.5, 0.6) is 0 Å². The molecule has 0 aromatic rings. The van der Waals surface area contributed by atoms with Gasteiger partial charge in [-0.25, -0.2) is 0 Å². The smallest absolute Gasteiger partial charge is 0.0700 e. The quantitative estimate of drug-likeness (QED) is 0.354. The van der Waals surface area contributed by atoms with Gasteiger partial charge < -0.3 is 9.47 Å². The molecule has 0 aliphatic heterocycles. The van der Waals surface area contributed by atoms with Crippen molar-refractivity contribution in [3.05, 3.63) is 48.6 Å². The molecule has 2 nitrogen and oxygen atoms in total. The molecule has 0 aromatic carbocycles. The Kier molecular flexibility index (Phi) is 16.9. The third-order valence-corrected chi connectivity index (χ3v) is 2.57. The SMILES string of the molecule is CC=CC=CCCCOCCOCCCC=CC=CC. The fourth-order valence-corrected chi connectivity index (χ4v) is 1.50. The predicted octanol–water partition coefficient (Wildman–Crippen LogP) is 4.84. The zero-order chi connectivity index (χ0) is 14.7. The normalized spacial score (nSPS) is 12.7. The summed E-state index contributed by atoms with van der Waals surface area (Å²) in [4.78, 5) is 0. The highest BCUT2D eigenvalue weighted by Gasteiger charge is 1.90. The summed E-state index contributed by atoms with van der Waals surface area (Å²) in [6.45, 7) is 7.07. The minimum absolute atomic E-state index is 0.701. The van der Waals surface area contributed by atoms with E-state index in [2.05, 4.69) is 24.3 Å². The average Bonchev–Trinajstić information content (AvgIpc) is 2.47. The summed E-state index contributed by atoms with van der Waals surface area (Å²) in [5.74, 6) is 0. The molecule has 0 aliphatic rings. The van der Waals surface area contributed by atoms with E-state index >= 15 is 0 Å². The van der Waals surface area contributed by atoms with Crippen molar-refractivity contribution < 1.29 is 9.47 Å². The molecular formula is C18H30O2. The maximum atomic E-state index is 5.50. The first kappa shape index (κ1) is 18.9. The van der Waals surface area contributed by atoms with Gasteiger partial charge in [-0.1, -0.05) is 48.6 Å². The second kappa shape index (κ2) is 17.9. The van der Waals surface area contributed by atoms with Crippen LogP contribution in [0.3, 0.4) is 0 Å². The Morgan fingerprint density at radius 2 is 1.05 bits per heavy atom. The van der Waals surface area contributed by atoms with Crippen LogP contribution in [0.15, 0.2) is 48.6 Å². The number of hydrogen-bond donors (Lipinski definition) is 0. The van der Waals surface area contributed by atoms with Crippen LogP contribution in [0, 0.1) is 0 Å². The highest BCUT2D eigenvalue weighted by Crippen LogP contribution is 1.95. The van der Waals surface area contributed by atoms with Crippen LogP contribution in [0.1, 0.15) is 39.5 Å². The van der Waals surface area contributed by atoms with Crippen molar-refractivity contribution in [3.8, 4) is 0 Å². The molecule has 0 aromatic heterocycles. The minimum atomic E-state index is 0.701. The second-order valence-electron chi connectivity index (χ2n) is 4.42. The van der Waals surface area contributed by atoms with E-state index in [0.717, 1.165) is 38.9 Å². The lowest BCUT2D eigenvalue weighted by atomic mass is 10.3. The molecule has 0 saturated carbocycles. The summed E-state index contributed by atoms with van der Waals surface area (Å²) >= 11 is 0. The van der Waals surface area contributed by atoms with Crippen molar-refractivity contribution in [3.63, 3.8) is 0 Å². The van der Waals surface area contributed by atoms with Gasteiger partial charge in [0.1, 0.15) is 0 Å². The number of unbranched alkanes of at least 4 members (excludes halogenated alkanes) is 2. The highest BCUT2D eigenvalue weighted by atomic mass is 16.5. The molecule has 0 radical (unpaired) electrons. The molecule has 114 valence electrons. The molecule has 20 heavy (non-hydrogen) atoms. The number of ether oxygens (including phenoxy) is 2. The molecule has 0 bridgehead atoms. The van der Waals surface area contributed by atoms with Crippen molar-refractivity contribution in [1.82, 2.24) is 0 Å². The maximum Gasteiger partial charge on any atom is 0.0700 e. The molecule has 0 saturated heterocycles. The van der Waals surface area contributed by atoms with Crippen LogP contribution >= 0.6 is 0 Å². The second-order valence-corrected chi connectivity index (χ2v) is 4.42. The molecular weight excluding hydrogens is 248 g/mol. The third-order valence-electron chi connectivity index (χ3n) is 2.57. The van der Waals surface area contributed by atoms with Crippen LogP contribution < -0.4 is 0 Å². The molecule has 2 heteroatoms. The lowest BCUT2D eigenvalue weighted by molar-refractivity contribution is 0.0465. The monoisotopic (exact) mass is 278 g/mol. The Labute approximate surface area is 124 Å². The van der Waals surface area contributed by atoms with Gasteiger partial charge in [-0.3, -0.25) is 0 Å². The van der Waals surface area contributed by atoms with Crippen molar-refractivity contribution in [2.24, 2.45) is 0 Å². The first-order chi connectivity index (χ1) is 9.91. The van der Waals surface area contributed by atoms with Crippen LogP contribution in [-0.2, 0) is 9.47 Å². The first-order valence-corrected chi connectivity index (χ1v) is 7.63. The summed E-state index contributed by atoms with van der Waals surface area (Å²) < 4.78 is 11.0. The number of rotatable bonds is 13. The van der Waals surface area contributed by atoms with E-state index in [4.69, 9.17) is 9.47 Å². The van der Waals surface area contributed by atoms with Gasteiger partial charge in [0.25, 0.3) is 0 Å². The Balaban J connectivity index is 3.09. The molecule has 0 atom stereocenters. The van der Waals surface area contributed by atoms with Crippen molar-refractivity contribution >= 4 is 0 Å². The lowest BCUT2D eigenvalue weighted by Crippen LogP contribution is -2.05. The number of hydrogen-bond acceptors (Lipinski definition) is 2. The average molecular weight is 278 g/mol. The summed E-state index contributed by atoms with van der Waals surface area (Å²) in [6, 6.07) is 0. The molecule has 0 unspecified atom stereocenters. The van der Waals surface area contributed by atoms with Crippen LogP contribution in [-0.4, -0.2) is 26.4 Å². The topological polar surface area (TPSA) is 18.5 Å². The van der Waals surface area contributed by atoms with Gasteiger partial charge in [0, 0.05) is 13.2 Å². The molecule has 0 heterocycles. The zero-order valence-electron chi connectivity index (χ0n) is 13.1. The highest BCUT2D eigenvalue weighted by molar-refractivity contribution is 5.01. The lowest BCUT2D eigenvalue weighted by Gasteiger charge is -2.04. The summed E-state index contributed by atoms with van der Waals surface area (Å²) in [5, 5.41) is 0. The van der Waals surface area contributed by atoms with E-state index in [1.165, 1.54) is 0 Å². The van der Waals surface area contributed by atoms with Crippen LogP contribution in [0.25, 0.3) is 0 Å². The van der Waals surface area contributed by atoms with Crippen molar-refractivity contribution in [2.75, 3.05) is 26.4 Å². The maximum absolute atomic E-state index is 5.50. The van der Waals surface area contributed by atoms with Gasteiger partial charge in [-0.2, -0.15) is 0 Å². The summed E-state index contributed by atoms with van der Waals surface area (Å²) in [5.41, 5.74) is 0. The van der Waals surface area contributed by atoms with E-state index in [9.17, 15) is 0 Å². The molecule has 0 N–H and O–H groups in total. The Bertz CT molecular complexity index is 258. The summed E-state index contributed by atoms with van der Waals surface area (Å²) in [6.07, 6.45) is 20.9. The van der Waals surface area contributed by atoms with Gasteiger partial charge in [0.2, 0.25) is 0 Å². The molecule has 0 spiro atoms. The molecule has 0 fully saturated rings. The Morgan fingerprint density at radius 3 is 1.45 bits per heavy atom. The molecule has 0 amide bonds. The van der Waals surface area contributed by atoms with E-state index in [1.807, 2.05) is 38.2 Å². The van der Waals surface area contributed by atoms with Gasteiger partial charge in [-0.15, -0.1) is 0 Å². The molecule has 0 rings (SSSR count). The fraction of sp³-hybridized carbons (Fsp3) is 0.556. The van der Waals surface area contributed by atoms with E-state index in [1.54, 1.807) is 0 Å². The van der Waals surface area contributed by atoms with E-state index < -0.39 is 0 Å².